The summed E-state index contributed by atoms with van der Waals surface area (Å²) in [6, 6.07) is 3.43. The highest BCUT2D eigenvalue weighted by Gasteiger charge is 2.08. The first kappa shape index (κ1) is 13.5. The van der Waals surface area contributed by atoms with Crippen LogP contribution in [0.2, 0.25) is 5.15 Å². The Hall–Kier alpha value is -2.46. The Morgan fingerprint density at radius 1 is 1.24 bits per heavy atom. The summed E-state index contributed by atoms with van der Waals surface area (Å²) in [6.07, 6.45) is 14.1. The van der Waals surface area contributed by atoms with E-state index >= 15 is 0 Å². The Morgan fingerprint density at radius 3 is 3.05 bits per heavy atom. The summed E-state index contributed by atoms with van der Waals surface area (Å²) in [5.41, 5.74) is 0.494. The molecule has 0 bridgehead atoms. The number of aromatic amines is 1. The second kappa shape index (κ2) is 5.89. The third-order valence-corrected chi connectivity index (χ3v) is 3.21. The maximum atomic E-state index is 12.0. The van der Waals surface area contributed by atoms with Crippen molar-refractivity contribution in [2.24, 2.45) is 4.99 Å². The summed E-state index contributed by atoms with van der Waals surface area (Å²) in [4.78, 5) is 23.3. The molecule has 1 aliphatic rings. The van der Waals surface area contributed by atoms with E-state index in [1.54, 1.807) is 18.3 Å². The van der Waals surface area contributed by atoms with Gasteiger partial charge >= 0.3 is 0 Å². The Morgan fingerprint density at radius 2 is 2.14 bits per heavy atom. The minimum Gasteiger partial charge on any atom is -0.328 e. The first-order valence-corrected chi connectivity index (χ1v) is 6.88. The molecule has 21 heavy (non-hydrogen) atoms. The maximum absolute atomic E-state index is 12.0. The quantitative estimate of drug-likeness (QED) is 0.816. The smallest absolute Gasteiger partial charge is 0.259 e. The molecule has 0 aliphatic heterocycles. The molecule has 0 amide bonds. The minimum atomic E-state index is -0.227. The van der Waals surface area contributed by atoms with Crippen LogP contribution in [0.1, 0.15) is 6.42 Å². The normalized spacial score (nSPS) is 19.4. The average Bonchev–Trinajstić information content (AvgIpc) is 2.41. The van der Waals surface area contributed by atoms with Crippen molar-refractivity contribution >= 4 is 33.9 Å². The van der Waals surface area contributed by atoms with Crippen LogP contribution < -0.4 is 5.56 Å². The van der Waals surface area contributed by atoms with Crippen molar-refractivity contribution in [3.8, 4) is 0 Å². The highest BCUT2D eigenvalue weighted by molar-refractivity contribution is 6.30. The number of nitrogens with one attached hydrogen (secondary N) is 1. The number of aromatic nitrogens is 2. The SMILES string of the molecule is O=c1[nH]ccc2cc(Cl)nc(N=C3C=C/C=C\C/C=C\3)c12. The molecule has 0 saturated carbocycles. The van der Waals surface area contributed by atoms with Crippen LogP contribution in [0.25, 0.3) is 10.8 Å². The number of hydrogen-bond donors (Lipinski definition) is 1. The Bertz CT molecular complexity index is 859. The van der Waals surface area contributed by atoms with Crippen molar-refractivity contribution in [1.82, 2.24) is 9.97 Å². The van der Waals surface area contributed by atoms with Gasteiger partial charge in [0, 0.05) is 6.20 Å². The van der Waals surface area contributed by atoms with E-state index in [1.165, 1.54) is 0 Å². The van der Waals surface area contributed by atoms with Crippen molar-refractivity contribution in [3.05, 3.63) is 70.3 Å². The second-order valence-electron chi connectivity index (χ2n) is 4.50. The van der Waals surface area contributed by atoms with E-state index in [2.05, 4.69) is 15.0 Å². The molecule has 0 unspecified atom stereocenters. The summed E-state index contributed by atoms with van der Waals surface area (Å²) >= 11 is 6.01. The predicted octanol–water partition coefficient (Wildman–Crippen LogP) is 3.72. The zero-order chi connectivity index (χ0) is 14.7. The van der Waals surface area contributed by atoms with E-state index in [9.17, 15) is 4.79 Å². The zero-order valence-corrected chi connectivity index (χ0v) is 11.8. The van der Waals surface area contributed by atoms with E-state index in [-0.39, 0.29) is 5.56 Å². The van der Waals surface area contributed by atoms with Crippen LogP contribution >= 0.6 is 11.6 Å². The van der Waals surface area contributed by atoms with Gasteiger partial charge in [-0.3, -0.25) is 4.79 Å². The lowest BCUT2D eigenvalue weighted by molar-refractivity contribution is 1.24. The molecule has 0 atom stereocenters. The monoisotopic (exact) mass is 297 g/mol. The number of hydrogen-bond acceptors (Lipinski definition) is 3. The first-order valence-electron chi connectivity index (χ1n) is 6.50. The molecule has 104 valence electrons. The molecule has 3 rings (SSSR count). The fraction of sp³-hybridized carbons (Fsp3) is 0.0625. The van der Waals surface area contributed by atoms with Crippen LogP contribution in [-0.4, -0.2) is 15.7 Å². The molecule has 1 N–H and O–H groups in total. The van der Waals surface area contributed by atoms with Crippen molar-refractivity contribution in [1.29, 1.82) is 0 Å². The Labute approximate surface area is 126 Å². The van der Waals surface area contributed by atoms with E-state index < -0.39 is 0 Å². The summed E-state index contributed by atoms with van der Waals surface area (Å²) in [7, 11) is 0. The van der Waals surface area contributed by atoms with E-state index in [0.717, 1.165) is 17.5 Å². The molecule has 2 aromatic rings. The number of aliphatic imine (C=N–C) groups is 1. The first-order chi connectivity index (χ1) is 10.2. The molecular formula is C16H12ClN3O. The number of H-pyrrole nitrogens is 1. The third-order valence-electron chi connectivity index (χ3n) is 3.01. The predicted molar refractivity (Wildman–Crippen MR) is 86.5 cm³/mol. The molecule has 0 spiro atoms. The van der Waals surface area contributed by atoms with Gasteiger partial charge in [-0.05, 0) is 36.1 Å². The van der Waals surface area contributed by atoms with Gasteiger partial charge in [-0.2, -0.15) is 0 Å². The molecular weight excluding hydrogens is 286 g/mol. The summed E-state index contributed by atoms with van der Waals surface area (Å²) in [5.74, 6) is 0.327. The van der Waals surface area contributed by atoms with Crippen molar-refractivity contribution in [3.63, 3.8) is 0 Å². The Balaban J connectivity index is 2.22. The lowest BCUT2D eigenvalue weighted by atomic mass is 10.2. The van der Waals surface area contributed by atoms with Crippen molar-refractivity contribution < 1.29 is 0 Å². The fourth-order valence-corrected chi connectivity index (χ4v) is 2.27. The standard InChI is InChI=1S/C16H12ClN3O/c17-13-10-11-8-9-18-16(21)14(11)15(20-13)19-12-6-4-2-1-3-5-7-12/h1-2,4-10H,3H2,(H,18,21)/b2-1-,6-4?,7-5-,19-12?. The molecule has 0 radical (unpaired) electrons. The van der Waals surface area contributed by atoms with Crippen molar-refractivity contribution in [2.45, 2.75) is 6.42 Å². The lowest BCUT2D eigenvalue weighted by Crippen LogP contribution is -2.05. The van der Waals surface area contributed by atoms with Gasteiger partial charge in [0.15, 0.2) is 5.82 Å². The number of nitrogens with zero attached hydrogens (tertiary/aromatic N) is 2. The number of rotatable bonds is 1. The minimum absolute atomic E-state index is 0.227. The van der Waals surface area contributed by atoms with Crippen LogP contribution in [0.3, 0.4) is 0 Å². The fourth-order valence-electron chi connectivity index (χ4n) is 2.07. The maximum Gasteiger partial charge on any atom is 0.259 e. The molecule has 0 saturated heterocycles. The van der Waals surface area contributed by atoms with Gasteiger partial charge in [-0.25, -0.2) is 9.98 Å². The highest BCUT2D eigenvalue weighted by Crippen LogP contribution is 2.24. The lowest BCUT2D eigenvalue weighted by Gasteiger charge is -2.03. The zero-order valence-electron chi connectivity index (χ0n) is 11.1. The van der Waals surface area contributed by atoms with Gasteiger partial charge in [-0.15, -0.1) is 0 Å². The molecule has 0 fully saturated rings. The highest BCUT2D eigenvalue weighted by atomic mass is 35.5. The third kappa shape index (κ3) is 3.01. The van der Waals surface area contributed by atoms with Crippen LogP contribution in [0.4, 0.5) is 5.82 Å². The van der Waals surface area contributed by atoms with Crippen LogP contribution in [0.15, 0.2) is 64.6 Å². The van der Waals surface area contributed by atoms with Gasteiger partial charge in [0.05, 0.1) is 11.1 Å². The van der Waals surface area contributed by atoms with E-state index in [4.69, 9.17) is 11.6 Å². The average molecular weight is 298 g/mol. The number of pyridine rings is 2. The molecule has 2 aromatic heterocycles. The second-order valence-corrected chi connectivity index (χ2v) is 4.89. The van der Waals surface area contributed by atoms with Gasteiger partial charge < -0.3 is 4.98 Å². The van der Waals surface area contributed by atoms with Crippen molar-refractivity contribution in [2.75, 3.05) is 0 Å². The van der Waals surface area contributed by atoms with Crippen LogP contribution in [-0.2, 0) is 0 Å². The van der Waals surface area contributed by atoms with Crippen LogP contribution in [0, 0.1) is 0 Å². The topological polar surface area (TPSA) is 58.1 Å². The molecule has 0 aromatic carbocycles. The number of halogens is 1. The molecule has 5 heteroatoms. The molecule has 1 aliphatic carbocycles. The molecule has 2 heterocycles. The van der Waals surface area contributed by atoms with E-state index in [1.807, 2.05) is 36.5 Å². The number of fused-ring (bicyclic) bond motifs is 1. The summed E-state index contributed by atoms with van der Waals surface area (Å²) in [6.45, 7) is 0. The van der Waals surface area contributed by atoms with Gasteiger partial charge in [0.25, 0.3) is 5.56 Å². The van der Waals surface area contributed by atoms with Gasteiger partial charge in [0.2, 0.25) is 0 Å². The van der Waals surface area contributed by atoms with Gasteiger partial charge in [-0.1, -0.05) is 35.9 Å². The van der Waals surface area contributed by atoms with E-state index in [0.29, 0.717) is 16.4 Å². The largest absolute Gasteiger partial charge is 0.328 e. The molecule has 4 nitrogen and oxygen atoms in total. The van der Waals surface area contributed by atoms with Crippen LogP contribution in [0.5, 0.6) is 0 Å². The summed E-state index contributed by atoms with van der Waals surface area (Å²) in [5, 5.41) is 1.47. The number of allylic oxidation sites excluding steroid dienone is 6. The Kier molecular flexibility index (Phi) is 3.79. The summed E-state index contributed by atoms with van der Waals surface area (Å²) < 4.78 is 0. The van der Waals surface area contributed by atoms with Gasteiger partial charge in [0.1, 0.15) is 5.15 Å².